The van der Waals surface area contributed by atoms with Crippen LogP contribution in [0.25, 0.3) is 10.8 Å². The predicted octanol–water partition coefficient (Wildman–Crippen LogP) is 1.41. The molecule has 0 bridgehead atoms. The van der Waals surface area contributed by atoms with Gasteiger partial charge in [0.05, 0.1) is 15.0 Å². The van der Waals surface area contributed by atoms with Crippen molar-refractivity contribution in [2.24, 2.45) is 0 Å². The molecule has 0 fully saturated rings. The van der Waals surface area contributed by atoms with E-state index in [4.69, 9.17) is 0 Å². The normalized spacial score (nSPS) is 13.8. The average Bonchev–Trinajstić information content (AvgIpc) is 2.28. The third-order valence-corrected chi connectivity index (χ3v) is 5.03. The van der Waals surface area contributed by atoms with Gasteiger partial charge in [0.2, 0.25) is 8.87 Å². The topological polar surface area (TPSA) is 74.3 Å². The molecular weight excluding hydrogens is 248 g/mol. The molecule has 0 aromatic heterocycles. The van der Waals surface area contributed by atoms with E-state index in [0.29, 0.717) is 5.39 Å². The van der Waals surface area contributed by atoms with E-state index in [2.05, 4.69) is 0 Å². The van der Waals surface area contributed by atoms with Crippen LogP contribution in [0.1, 0.15) is 0 Å². The first-order valence-electron chi connectivity index (χ1n) is 4.35. The Morgan fingerprint density at radius 1 is 1.00 bits per heavy atom. The molecule has 0 amide bonds. The van der Waals surface area contributed by atoms with E-state index in [1.807, 2.05) is 12.1 Å². The van der Waals surface area contributed by atoms with Crippen LogP contribution in [0.3, 0.4) is 0 Å². The van der Waals surface area contributed by atoms with E-state index in [9.17, 15) is 17.2 Å². The molecule has 1 unspecified atom stereocenters. The maximum Gasteiger partial charge on any atom is 0.245 e. The van der Waals surface area contributed by atoms with Crippen LogP contribution in [-0.4, -0.2) is 17.2 Å². The van der Waals surface area contributed by atoms with Crippen molar-refractivity contribution >= 4 is 29.8 Å². The molecule has 6 heteroatoms. The Bertz CT molecular complexity index is 661. The lowest BCUT2D eigenvalue weighted by atomic mass is 10.1. The van der Waals surface area contributed by atoms with Crippen LogP contribution in [0.15, 0.2) is 47.4 Å². The first-order chi connectivity index (χ1) is 7.51. The molecule has 0 aliphatic carbocycles. The molecular formula is C10H7O4S2-. The summed E-state index contributed by atoms with van der Waals surface area (Å²) in [6.07, 6.45) is 0. The van der Waals surface area contributed by atoms with Crippen molar-refractivity contribution in [3.63, 3.8) is 0 Å². The number of benzene rings is 2. The zero-order valence-electron chi connectivity index (χ0n) is 7.99. The fourth-order valence-electron chi connectivity index (χ4n) is 1.40. The maximum absolute atomic E-state index is 11.4. The van der Waals surface area contributed by atoms with Gasteiger partial charge in [-0.1, -0.05) is 30.3 Å². The standard InChI is InChI=1S/C10H8O4S2/c11-15(12)16(13,14)10-6-5-8-3-1-2-4-9(8)7-10/h1-7H,(H,11,12)/p-1. The smallest absolute Gasteiger partial charge is 0.245 e. The van der Waals surface area contributed by atoms with Crippen LogP contribution in [0.4, 0.5) is 0 Å². The minimum absolute atomic E-state index is 0.209. The molecule has 84 valence electrons. The number of rotatable bonds is 2. The molecule has 0 N–H and O–H groups in total. The minimum atomic E-state index is -4.25. The average molecular weight is 255 g/mol. The van der Waals surface area contributed by atoms with Gasteiger partial charge in [0.15, 0.2) is 0 Å². The van der Waals surface area contributed by atoms with Gasteiger partial charge in [-0.2, -0.15) is 0 Å². The van der Waals surface area contributed by atoms with Crippen LogP contribution in [-0.2, 0) is 19.0 Å². The number of hydrogen-bond acceptors (Lipinski definition) is 4. The SMILES string of the molecule is O=S([O-])S(=O)(=O)c1ccc2ccccc2c1. The van der Waals surface area contributed by atoms with Gasteiger partial charge in [-0.15, -0.1) is 0 Å². The first kappa shape index (κ1) is 11.3. The molecule has 2 rings (SSSR count). The van der Waals surface area contributed by atoms with Gasteiger partial charge in [-0.25, -0.2) is 8.42 Å². The summed E-state index contributed by atoms with van der Waals surface area (Å²) in [7, 11) is -7.40. The highest BCUT2D eigenvalue weighted by Crippen LogP contribution is 2.20. The van der Waals surface area contributed by atoms with Gasteiger partial charge in [0, 0.05) is 0 Å². The lowest BCUT2D eigenvalue weighted by Gasteiger charge is -2.07. The largest absolute Gasteiger partial charge is 0.760 e. The van der Waals surface area contributed by atoms with Crippen LogP contribution >= 0.6 is 0 Å². The number of fused-ring (bicyclic) bond motifs is 1. The molecule has 0 saturated heterocycles. The molecule has 4 nitrogen and oxygen atoms in total. The summed E-state index contributed by atoms with van der Waals surface area (Å²) in [5, 5.41) is 1.55. The van der Waals surface area contributed by atoms with Gasteiger partial charge in [-0.3, -0.25) is 4.21 Å². The van der Waals surface area contributed by atoms with Crippen molar-refractivity contribution in [3.8, 4) is 0 Å². The Hall–Kier alpha value is -1.24. The molecule has 0 spiro atoms. The summed E-state index contributed by atoms with van der Waals surface area (Å²) in [4.78, 5) is -0.209. The van der Waals surface area contributed by atoms with E-state index < -0.39 is 19.0 Å². The van der Waals surface area contributed by atoms with E-state index in [0.717, 1.165) is 5.39 Å². The molecule has 2 aromatic carbocycles. The lowest BCUT2D eigenvalue weighted by Crippen LogP contribution is -2.07. The van der Waals surface area contributed by atoms with Crippen molar-refractivity contribution in [1.29, 1.82) is 0 Å². The van der Waals surface area contributed by atoms with Crippen LogP contribution in [0.2, 0.25) is 0 Å². The van der Waals surface area contributed by atoms with Crippen molar-refractivity contribution in [3.05, 3.63) is 42.5 Å². The Balaban J connectivity index is 2.69. The van der Waals surface area contributed by atoms with Crippen LogP contribution < -0.4 is 0 Å². The summed E-state index contributed by atoms with van der Waals surface area (Å²) in [6.45, 7) is 0. The predicted molar refractivity (Wildman–Crippen MR) is 60.1 cm³/mol. The second-order valence-corrected chi connectivity index (χ2v) is 7.09. The molecule has 0 radical (unpaired) electrons. The molecule has 2 aromatic rings. The molecule has 0 aliphatic rings. The van der Waals surface area contributed by atoms with Crippen LogP contribution in [0.5, 0.6) is 0 Å². The van der Waals surface area contributed by atoms with Crippen molar-refractivity contribution < 1.29 is 17.2 Å². The molecule has 0 heterocycles. The van der Waals surface area contributed by atoms with Gasteiger partial charge in [0.25, 0.3) is 0 Å². The Kier molecular flexibility index (Phi) is 2.79. The summed E-state index contributed by atoms with van der Waals surface area (Å²) in [6, 6.07) is 11.3. The van der Waals surface area contributed by atoms with Crippen molar-refractivity contribution in [1.82, 2.24) is 0 Å². The van der Waals surface area contributed by atoms with Gasteiger partial charge in [-0.05, 0) is 22.9 Å². The highest BCUT2D eigenvalue weighted by Gasteiger charge is 2.15. The van der Waals surface area contributed by atoms with E-state index in [1.54, 1.807) is 18.2 Å². The summed E-state index contributed by atoms with van der Waals surface area (Å²) in [5.74, 6) is 0. The molecule has 0 aliphatic heterocycles. The zero-order valence-corrected chi connectivity index (χ0v) is 9.62. The highest BCUT2D eigenvalue weighted by atomic mass is 33.2. The minimum Gasteiger partial charge on any atom is -0.760 e. The van der Waals surface area contributed by atoms with Gasteiger partial charge < -0.3 is 4.55 Å². The third-order valence-electron chi connectivity index (χ3n) is 2.19. The third kappa shape index (κ3) is 1.87. The molecule has 1 atom stereocenters. The van der Waals surface area contributed by atoms with Crippen molar-refractivity contribution in [2.75, 3.05) is 0 Å². The van der Waals surface area contributed by atoms with Gasteiger partial charge >= 0.3 is 0 Å². The Morgan fingerprint density at radius 2 is 1.62 bits per heavy atom. The highest BCUT2D eigenvalue weighted by molar-refractivity contribution is 8.61. The second kappa shape index (κ2) is 3.97. The Labute approximate surface area is 94.5 Å². The fourth-order valence-corrected chi connectivity index (χ4v) is 2.85. The number of hydrogen-bond donors (Lipinski definition) is 0. The second-order valence-electron chi connectivity index (χ2n) is 3.17. The van der Waals surface area contributed by atoms with E-state index >= 15 is 0 Å². The summed E-state index contributed by atoms with van der Waals surface area (Å²) in [5.41, 5.74) is 0. The van der Waals surface area contributed by atoms with Crippen LogP contribution in [0, 0.1) is 0 Å². The first-order valence-corrected chi connectivity index (χ1v) is 7.43. The zero-order chi connectivity index (χ0) is 11.8. The molecule has 0 saturated carbocycles. The van der Waals surface area contributed by atoms with E-state index in [1.165, 1.54) is 12.1 Å². The summed E-state index contributed by atoms with van der Waals surface area (Å²) < 4.78 is 43.9. The lowest BCUT2D eigenvalue weighted by molar-refractivity contribution is 0.540. The maximum atomic E-state index is 11.4. The molecule has 16 heavy (non-hydrogen) atoms. The van der Waals surface area contributed by atoms with Crippen molar-refractivity contribution in [2.45, 2.75) is 4.90 Å². The quantitative estimate of drug-likeness (QED) is 0.600. The monoisotopic (exact) mass is 255 g/mol. The Morgan fingerprint density at radius 3 is 2.25 bits per heavy atom. The summed E-state index contributed by atoms with van der Waals surface area (Å²) >= 11 is 0. The van der Waals surface area contributed by atoms with E-state index in [-0.39, 0.29) is 4.90 Å². The fraction of sp³-hybridized carbons (Fsp3) is 0. The van der Waals surface area contributed by atoms with Gasteiger partial charge in [0.1, 0.15) is 0 Å².